The van der Waals surface area contributed by atoms with Crippen LogP contribution >= 0.6 is 0 Å². The number of benzene rings is 2. The molecule has 0 bridgehead atoms. The van der Waals surface area contributed by atoms with Crippen LogP contribution in [0.4, 0.5) is 10.1 Å². The van der Waals surface area contributed by atoms with Crippen molar-refractivity contribution < 1.29 is 17.5 Å². The number of sulfone groups is 1. The highest BCUT2D eigenvalue weighted by atomic mass is 32.2. The van der Waals surface area contributed by atoms with Crippen LogP contribution in [0.3, 0.4) is 0 Å². The highest BCUT2D eigenvalue weighted by Gasteiger charge is 2.16. The van der Waals surface area contributed by atoms with Gasteiger partial charge in [0.25, 0.3) is 0 Å². The van der Waals surface area contributed by atoms with Gasteiger partial charge in [0.2, 0.25) is 0 Å². The number of nitriles is 1. The number of ether oxygens (including phenoxy) is 1. The molecule has 2 N–H and O–H groups in total. The van der Waals surface area contributed by atoms with Crippen LogP contribution in [0.2, 0.25) is 0 Å². The maximum absolute atomic E-state index is 13.8. The summed E-state index contributed by atoms with van der Waals surface area (Å²) >= 11 is 0. The van der Waals surface area contributed by atoms with Crippen molar-refractivity contribution in [3.05, 3.63) is 47.8 Å². The van der Waals surface area contributed by atoms with Crippen LogP contribution in [0.25, 0.3) is 0 Å². The van der Waals surface area contributed by atoms with Crippen molar-refractivity contribution in [1.29, 1.82) is 5.26 Å². The van der Waals surface area contributed by atoms with Crippen LogP contribution in [-0.2, 0) is 9.84 Å². The normalized spacial score (nSPS) is 10.9. The Labute approximate surface area is 121 Å². The molecule has 0 saturated carbocycles. The van der Waals surface area contributed by atoms with Crippen molar-refractivity contribution >= 4 is 15.5 Å². The van der Waals surface area contributed by atoms with E-state index in [2.05, 4.69) is 0 Å². The van der Waals surface area contributed by atoms with Crippen molar-refractivity contribution in [3.8, 4) is 17.6 Å². The molecule has 0 atom stereocenters. The van der Waals surface area contributed by atoms with Gasteiger partial charge in [-0.3, -0.25) is 0 Å². The summed E-state index contributed by atoms with van der Waals surface area (Å²) in [7, 11) is -3.51. The zero-order chi connectivity index (χ0) is 15.6. The molecule has 0 amide bonds. The molecule has 7 heteroatoms. The Balaban J connectivity index is 2.44. The van der Waals surface area contributed by atoms with E-state index in [9.17, 15) is 12.8 Å². The second-order valence-electron chi connectivity index (χ2n) is 4.30. The SMILES string of the molecule is CS(=O)(=O)c1cccc(Oc2ccc(C#N)cc2F)c1N. The van der Waals surface area contributed by atoms with Crippen LogP contribution in [0.1, 0.15) is 5.56 Å². The third-order valence-corrected chi connectivity index (χ3v) is 3.86. The molecule has 0 aliphatic rings. The smallest absolute Gasteiger partial charge is 0.177 e. The lowest BCUT2D eigenvalue weighted by molar-refractivity contribution is 0.443. The number of hydrogen-bond donors (Lipinski definition) is 1. The molecule has 0 radical (unpaired) electrons. The first-order valence-electron chi connectivity index (χ1n) is 5.79. The van der Waals surface area contributed by atoms with Crippen LogP contribution in [0.5, 0.6) is 11.5 Å². The number of anilines is 1. The van der Waals surface area contributed by atoms with E-state index in [1.165, 1.54) is 30.3 Å². The molecule has 0 fully saturated rings. The molecule has 5 nitrogen and oxygen atoms in total. The van der Waals surface area contributed by atoms with Gasteiger partial charge in [-0.2, -0.15) is 5.26 Å². The molecule has 0 saturated heterocycles. The minimum absolute atomic E-state index is 0.0292. The Morgan fingerprint density at radius 2 is 1.95 bits per heavy atom. The van der Waals surface area contributed by atoms with Gasteiger partial charge in [0.1, 0.15) is 0 Å². The molecule has 21 heavy (non-hydrogen) atoms. The van der Waals surface area contributed by atoms with Gasteiger partial charge in [-0.25, -0.2) is 12.8 Å². The number of halogens is 1. The van der Waals surface area contributed by atoms with Crippen LogP contribution in [0.15, 0.2) is 41.3 Å². The summed E-state index contributed by atoms with van der Waals surface area (Å²) < 4.78 is 42.2. The van der Waals surface area contributed by atoms with Gasteiger partial charge < -0.3 is 10.5 Å². The van der Waals surface area contributed by atoms with Gasteiger partial charge in [-0.05, 0) is 30.3 Å². The number of rotatable bonds is 3. The molecular weight excluding hydrogens is 295 g/mol. The molecule has 0 spiro atoms. The Morgan fingerprint density at radius 1 is 1.24 bits per heavy atom. The van der Waals surface area contributed by atoms with E-state index >= 15 is 0 Å². The van der Waals surface area contributed by atoms with E-state index in [1.54, 1.807) is 6.07 Å². The Kier molecular flexibility index (Phi) is 3.82. The fourth-order valence-electron chi connectivity index (χ4n) is 1.71. The average molecular weight is 306 g/mol. The zero-order valence-electron chi connectivity index (χ0n) is 11.0. The van der Waals surface area contributed by atoms with E-state index in [0.717, 1.165) is 12.3 Å². The molecule has 2 aromatic rings. The first kappa shape index (κ1) is 14.8. The highest BCUT2D eigenvalue weighted by molar-refractivity contribution is 7.90. The second kappa shape index (κ2) is 5.42. The maximum Gasteiger partial charge on any atom is 0.177 e. The Bertz CT molecular complexity index is 842. The molecule has 0 heterocycles. The summed E-state index contributed by atoms with van der Waals surface area (Å²) in [4.78, 5) is -0.0888. The minimum Gasteiger partial charge on any atom is -0.452 e. The third-order valence-electron chi connectivity index (χ3n) is 2.71. The van der Waals surface area contributed by atoms with Gasteiger partial charge in [0.15, 0.2) is 27.2 Å². The molecule has 0 aliphatic carbocycles. The highest BCUT2D eigenvalue weighted by Crippen LogP contribution is 2.33. The van der Waals surface area contributed by atoms with Crippen molar-refractivity contribution in [2.24, 2.45) is 0 Å². The lowest BCUT2D eigenvalue weighted by atomic mass is 10.2. The largest absolute Gasteiger partial charge is 0.452 e. The van der Waals surface area contributed by atoms with Crippen molar-refractivity contribution in [3.63, 3.8) is 0 Å². The quantitative estimate of drug-likeness (QED) is 0.879. The number of nitrogens with two attached hydrogens (primary N) is 1. The standard InChI is InChI=1S/C14H11FN2O3S/c1-21(18,19)13-4-2-3-12(14(13)17)20-11-6-5-9(8-16)7-10(11)15/h2-7H,17H2,1H3. The summed E-state index contributed by atoms with van der Waals surface area (Å²) in [5, 5.41) is 8.67. The predicted octanol–water partition coefficient (Wildman–Crippen LogP) is 2.48. The first-order valence-corrected chi connectivity index (χ1v) is 7.68. The second-order valence-corrected chi connectivity index (χ2v) is 6.28. The summed E-state index contributed by atoms with van der Waals surface area (Å²) in [5.74, 6) is -0.855. The molecule has 0 aromatic heterocycles. The third kappa shape index (κ3) is 3.12. The number of nitrogen functional groups attached to an aromatic ring is 1. The van der Waals surface area contributed by atoms with E-state index in [1.807, 2.05) is 0 Å². The molecule has 2 aromatic carbocycles. The molecular formula is C14H11FN2O3S. The van der Waals surface area contributed by atoms with Crippen LogP contribution in [0, 0.1) is 17.1 Å². The lowest BCUT2D eigenvalue weighted by Gasteiger charge is -2.11. The minimum atomic E-state index is -3.51. The molecule has 0 unspecified atom stereocenters. The number of hydrogen-bond acceptors (Lipinski definition) is 5. The van der Waals surface area contributed by atoms with Gasteiger partial charge in [-0.15, -0.1) is 0 Å². The van der Waals surface area contributed by atoms with Gasteiger partial charge in [0.05, 0.1) is 22.2 Å². The zero-order valence-corrected chi connectivity index (χ0v) is 11.8. The Hall–Kier alpha value is -2.59. The lowest BCUT2D eigenvalue weighted by Crippen LogP contribution is -2.04. The molecule has 0 aliphatic heterocycles. The fourth-order valence-corrected chi connectivity index (χ4v) is 2.53. The van der Waals surface area contributed by atoms with Crippen LogP contribution in [-0.4, -0.2) is 14.7 Å². The van der Waals surface area contributed by atoms with E-state index in [-0.39, 0.29) is 27.6 Å². The average Bonchev–Trinajstić information content (AvgIpc) is 2.41. The first-order chi connectivity index (χ1) is 9.82. The van der Waals surface area contributed by atoms with Crippen molar-refractivity contribution in [2.75, 3.05) is 12.0 Å². The predicted molar refractivity (Wildman–Crippen MR) is 75.2 cm³/mol. The van der Waals surface area contributed by atoms with E-state index < -0.39 is 15.7 Å². The topological polar surface area (TPSA) is 93.2 Å². The summed E-state index contributed by atoms with van der Waals surface area (Å²) in [6, 6.07) is 9.70. The molecule has 108 valence electrons. The maximum atomic E-state index is 13.8. The number of nitrogens with zero attached hydrogens (tertiary/aromatic N) is 1. The summed E-state index contributed by atoms with van der Waals surface area (Å²) in [6.45, 7) is 0. The fraction of sp³-hybridized carbons (Fsp3) is 0.0714. The van der Waals surface area contributed by atoms with Crippen LogP contribution < -0.4 is 10.5 Å². The van der Waals surface area contributed by atoms with E-state index in [0.29, 0.717) is 0 Å². The molecule has 2 rings (SSSR count). The van der Waals surface area contributed by atoms with Crippen molar-refractivity contribution in [2.45, 2.75) is 4.90 Å². The monoisotopic (exact) mass is 306 g/mol. The Morgan fingerprint density at radius 3 is 2.52 bits per heavy atom. The number of para-hydroxylation sites is 1. The van der Waals surface area contributed by atoms with Gasteiger partial charge in [-0.1, -0.05) is 6.07 Å². The van der Waals surface area contributed by atoms with Gasteiger partial charge >= 0.3 is 0 Å². The van der Waals surface area contributed by atoms with Crippen molar-refractivity contribution in [1.82, 2.24) is 0 Å². The summed E-state index contributed by atoms with van der Waals surface area (Å²) in [5.41, 5.74) is 5.80. The van der Waals surface area contributed by atoms with E-state index in [4.69, 9.17) is 15.7 Å². The van der Waals surface area contributed by atoms with Gasteiger partial charge in [0, 0.05) is 6.26 Å². The summed E-state index contributed by atoms with van der Waals surface area (Å²) in [6.07, 6.45) is 1.02.